The van der Waals surface area contributed by atoms with E-state index in [1.54, 1.807) is 6.07 Å². The third-order valence-corrected chi connectivity index (χ3v) is 4.99. The minimum atomic E-state index is -0.290. The van der Waals surface area contributed by atoms with Gasteiger partial charge in [0.2, 0.25) is 0 Å². The van der Waals surface area contributed by atoms with Gasteiger partial charge in [-0.2, -0.15) is 0 Å². The zero-order valence-electron chi connectivity index (χ0n) is 15.3. The van der Waals surface area contributed by atoms with E-state index >= 15 is 0 Å². The Kier molecular flexibility index (Phi) is 4.94. The average molecular weight is 330 g/mol. The standard InChI is InChI=1S/C24H26O/c1-4-11-18-12-8-9-15-20(18)21-16-10-17-22(25)23(21)24(2,3)19-13-6-5-7-14-19/h5-10,12-17,25H,4,11H2,1-3H3. The molecule has 0 saturated carbocycles. The molecule has 0 radical (unpaired) electrons. The van der Waals surface area contributed by atoms with Crippen LogP contribution in [0, 0.1) is 0 Å². The van der Waals surface area contributed by atoms with E-state index in [1.807, 2.05) is 12.1 Å². The van der Waals surface area contributed by atoms with Crippen LogP contribution in [0.1, 0.15) is 43.9 Å². The molecule has 0 heterocycles. The monoisotopic (exact) mass is 330 g/mol. The maximum absolute atomic E-state index is 10.8. The molecule has 0 amide bonds. The average Bonchev–Trinajstić information content (AvgIpc) is 2.63. The van der Waals surface area contributed by atoms with Crippen LogP contribution >= 0.6 is 0 Å². The molecule has 0 aliphatic rings. The Morgan fingerprint density at radius 1 is 0.760 bits per heavy atom. The van der Waals surface area contributed by atoms with Crippen molar-refractivity contribution in [1.82, 2.24) is 0 Å². The maximum atomic E-state index is 10.8. The first kappa shape index (κ1) is 17.3. The van der Waals surface area contributed by atoms with Crippen LogP contribution in [0.4, 0.5) is 0 Å². The fraction of sp³-hybridized carbons (Fsp3) is 0.250. The number of aryl methyl sites for hydroxylation is 1. The molecule has 1 N–H and O–H groups in total. The summed E-state index contributed by atoms with van der Waals surface area (Å²) in [5.74, 6) is 0.359. The first-order valence-corrected chi connectivity index (χ1v) is 9.02. The van der Waals surface area contributed by atoms with E-state index in [1.165, 1.54) is 16.7 Å². The third kappa shape index (κ3) is 3.32. The Morgan fingerprint density at radius 2 is 1.40 bits per heavy atom. The molecule has 0 fully saturated rings. The van der Waals surface area contributed by atoms with Gasteiger partial charge in [0.25, 0.3) is 0 Å². The second kappa shape index (κ2) is 7.14. The van der Waals surface area contributed by atoms with Gasteiger partial charge < -0.3 is 5.11 Å². The summed E-state index contributed by atoms with van der Waals surface area (Å²) in [5.41, 5.74) is 5.58. The quantitative estimate of drug-likeness (QED) is 0.579. The minimum Gasteiger partial charge on any atom is -0.508 e. The van der Waals surface area contributed by atoms with Crippen LogP contribution in [0.15, 0.2) is 72.8 Å². The van der Waals surface area contributed by atoms with Crippen molar-refractivity contribution >= 4 is 0 Å². The molecule has 3 aromatic carbocycles. The molecule has 0 atom stereocenters. The molecule has 3 rings (SSSR count). The number of benzene rings is 3. The summed E-state index contributed by atoms with van der Waals surface area (Å²) in [7, 11) is 0. The van der Waals surface area contributed by atoms with Crippen molar-refractivity contribution in [3.63, 3.8) is 0 Å². The number of phenolic OH excluding ortho intramolecular Hbond substituents is 1. The zero-order valence-corrected chi connectivity index (χ0v) is 15.3. The molecule has 0 bridgehead atoms. The van der Waals surface area contributed by atoms with Crippen LogP contribution < -0.4 is 0 Å². The molecule has 1 nitrogen and oxygen atoms in total. The van der Waals surface area contributed by atoms with Crippen LogP contribution in [0.2, 0.25) is 0 Å². The summed E-state index contributed by atoms with van der Waals surface area (Å²) in [6.45, 7) is 6.57. The molecule has 1 heteroatoms. The lowest BCUT2D eigenvalue weighted by Crippen LogP contribution is -2.20. The van der Waals surface area contributed by atoms with E-state index in [-0.39, 0.29) is 5.41 Å². The van der Waals surface area contributed by atoms with Crippen LogP contribution in [0.5, 0.6) is 5.75 Å². The summed E-state index contributed by atoms with van der Waals surface area (Å²) < 4.78 is 0. The third-order valence-electron chi connectivity index (χ3n) is 4.99. The normalized spacial score (nSPS) is 11.5. The fourth-order valence-corrected chi connectivity index (χ4v) is 3.69. The molecular weight excluding hydrogens is 304 g/mol. The second-order valence-corrected chi connectivity index (χ2v) is 7.10. The van der Waals surface area contributed by atoms with Gasteiger partial charge in [0.1, 0.15) is 5.75 Å². The SMILES string of the molecule is CCCc1ccccc1-c1cccc(O)c1C(C)(C)c1ccccc1. The minimum absolute atomic E-state index is 0.290. The van der Waals surface area contributed by atoms with Gasteiger partial charge in [0.05, 0.1) is 0 Å². The van der Waals surface area contributed by atoms with Crippen LogP contribution in [0.3, 0.4) is 0 Å². The van der Waals surface area contributed by atoms with Crippen molar-refractivity contribution in [2.75, 3.05) is 0 Å². The lowest BCUT2D eigenvalue weighted by molar-refractivity contribution is 0.454. The van der Waals surface area contributed by atoms with Gasteiger partial charge in [-0.05, 0) is 34.7 Å². The number of rotatable bonds is 5. The van der Waals surface area contributed by atoms with Gasteiger partial charge in [-0.3, -0.25) is 0 Å². The Balaban J connectivity index is 2.24. The van der Waals surface area contributed by atoms with Crippen molar-refractivity contribution in [3.05, 3.63) is 89.5 Å². The Labute approximate surface area is 151 Å². The van der Waals surface area contributed by atoms with E-state index in [0.717, 1.165) is 24.0 Å². The summed E-state index contributed by atoms with van der Waals surface area (Å²) in [4.78, 5) is 0. The Bertz CT molecular complexity index is 847. The highest BCUT2D eigenvalue weighted by atomic mass is 16.3. The van der Waals surface area contributed by atoms with Crippen molar-refractivity contribution in [1.29, 1.82) is 0 Å². The van der Waals surface area contributed by atoms with Crippen LogP contribution in [0.25, 0.3) is 11.1 Å². The number of hydrogen-bond acceptors (Lipinski definition) is 1. The highest BCUT2D eigenvalue weighted by Crippen LogP contribution is 2.43. The molecule has 0 unspecified atom stereocenters. The van der Waals surface area contributed by atoms with Gasteiger partial charge in [0, 0.05) is 11.0 Å². The smallest absolute Gasteiger partial charge is 0.120 e. The Morgan fingerprint density at radius 3 is 2.12 bits per heavy atom. The molecule has 0 spiro atoms. The Hall–Kier alpha value is -2.54. The van der Waals surface area contributed by atoms with Crippen molar-refractivity contribution in [2.45, 2.75) is 39.0 Å². The first-order valence-electron chi connectivity index (χ1n) is 9.02. The van der Waals surface area contributed by atoms with E-state index in [0.29, 0.717) is 5.75 Å². The van der Waals surface area contributed by atoms with Gasteiger partial charge in [0.15, 0.2) is 0 Å². The largest absolute Gasteiger partial charge is 0.508 e. The molecule has 0 saturated heterocycles. The van der Waals surface area contributed by atoms with Gasteiger partial charge in [-0.15, -0.1) is 0 Å². The van der Waals surface area contributed by atoms with Crippen LogP contribution in [-0.4, -0.2) is 5.11 Å². The van der Waals surface area contributed by atoms with E-state index in [9.17, 15) is 5.11 Å². The lowest BCUT2D eigenvalue weighted by atomic mass is 9.74. The molecule has 3 aromatic rings. The predicted molar refractivity (Wildman–Crippen MR) is 106 cm³/mol. The highest BCUT2D eigenvalue weighted by Gasteiger charge is 2.29. The molecule has 0 aromatic heterocycles. The number of aromatic hydroxyl groups is 1. The summed E-state index contributed by atoms with van der Waals surface area (Å²) >= 11 is 0. The molecule has 0 aliphatic carbocycles. The molecule has 0 aliphatic heterocycles. The van der Waals surface area contributed by atoms with Crippen molar-refractivity contribution in [2.24, 2.45) is 0 Å². The van der Waals surface area contributed by atoms with E-state index in [4.69, 9.17) is 0 Å². The number of phenols is 1. The first-order chi connectivity index (χ1) is 12.1. The highest BCUT2D eigenvalue weighted by molar-refractivity contribution is 5.75. The summed E-state index contributed by atoms with van der Waals surface area (Å²) in [5, 5.41) is 10.8. The number of hydrogen-bond donors (Lipinski definition) is 1. The predicted octanol–water partition coefficient (Wildman–Crippen LogP) is 6.34. The maximum Gasteiger partial charge on any atom is 0.120 e. The summed E-state index contributed by atoms with van der Waals surface area (Å²) in [6.07, 6.45) is 2.14. The van der Waals surface area contributed by atoms with E-state index < -0.39 is 0 Å². The van der Waals surface area contributed by atoms with E-state index in [2.05, 4.69) is 75.4 Å². The van der Waals surface area contributed by atoms with Crippen molar-refractivity contribution < 1.29 is 5.11 Å². The second-order valence-electron chi connectivity index (χ2n) is 7.10. The van der Waals surface area contributed by atoms with Gasteiger partial charge in [-0.1, -0.05) is 93.9 Å². The van der Waals surface area contributed by atoms with Gasteiger partial charge >= 0.3 is 0 Å². The fourth-order valence-electron chi connectivity index (χ4n) is 3.69. The lowest BCUT2D eigenvalue weighted by Gasteiger charge is -2.30. The molecule has 128 valence electrons. The molecular formula is C24H26O. The topological polar surface area (TPSA) is 20.2 Å². The van der Waals surface area contributed by atoms with Crippen molar-refractivity contribution in [3.8, 4) is 16.9 Å². The zero-order chi connectivity index (χ0) is 17.9. The van der Waals surface area contributed by atoms with Crippen LogP contribution in [-0.2, 0) is 11.8 Å². The van der Waals surface area contributed by atoms with Gasteiger partial charge in [-0.25, -0.2) is 0 Å². The molecule has 25 heavy (non-hydrogen) atoms. The summed E-state index contributed by atoms with van der Waals surface area (Å²) in [6, 6.07) is 24.8.